The summed E-state index contributed by atoms with van der Waals surface area (Å²) in [5, 5.41) is 3.72. The van der Waals surface area contributed by atoms with Gasteiger partial charge in [-0.2, -0.15) is 4.98 Å². The third kappa shape index (κ3) is 3.37. The van der Waals surface area contributed by atoms with E-state index in [4.69, 9.17) is 16.0 Å². The molecule has 0 fully saturated rings. The standard InChI is InChI=1S/C18H17ClN2O2/c1-2-13-10-12(6-5-9-22)11-16-17(13)21-18(23-16)20-15-8-4-3-7-14(15)19/h3-4,7-11H,2,5-6H2,1H3,(H,20,21). The Hall–Kier alpha value is -2.33. The summed E-state index contributed by atoms with van der Waals surface area (Å²) in [7, 11) is 0. The number of benzene rings is 2. The Morgan fingerprint density at radius 2 is 2.13 bits per heavy atom. The molecule has 3 rings (SSSR count). The fraction of sp³-hybridized carbons (Fsp3) is 0.222. The second-order valence-corrected chi connectivity index (χ2v) is 5.69. The number of para-hydroxylation sites is 1. The Morgan fingerprint density at radius 1 is 1.30 bits per heavy atom. The Bertz CT molecular complexity index is 842. The number of anilines is 2. The van der Waals surface area contributed by atoms with Gasteiger partial charge in [0.25, 0.3) is 6.01 Å². The molecule has 1 aromatic heterocycles. The Morgan fingerprint density at radius 3 is 2.87 bits per heavy atom. The van der Waals surface area contributed by atoms with Crippen molar-refractivity contribution < 1.29 is 9.21 Å². The maximum Gasteiger partial charge on any atom is 0.300 e. The fourth-order valence-electron chi connectivity index (χ4n) is 2.53. The quantitative estimate of drug-likeness (QED) is 0.652. The molecule has 4 nitrogen and oxygen atoms in total. The van der Waals surface area contributed by atoms with Crippen LogP contribution in [0.25, 0.3) is 11.1 Å². The molecule has 0 atom stereocenters. The summed E-state index contributed by atoms with van der Waals surface area (Å²) in [5.74, 6) is 0. The predicted octanol–water partition coefficient (Wildman–Crippen LogP) is 4.92. The van der Waals surface area contributed by atoms with E-state index in [0.29, 0.717) is 23.9 Å². The van der Waals surface area contributed by atoms with Crippen molar-refractivity contribution in [3.8, 4) is 0 Å². The minimum Gasteiger partial charge on any atom is -0.423 e. The number of nitrogens with one attached hydrogen (secondary N) is 1. The lowest BCUT2D eigenvalue weighted by molar-refractivity contribution is -0.107. The molecular weight excluding hydrogens is 312 g/mol. The van der Waals surface area contributed by atoms with Crippen LogP contribution >= 0.6 is 11.6 Å². The molecule has 23 heavy (non-hydrogen) atoms. The van der Waals surface area contributed by atoms with E-state index in [0.717, 1.165) is 40.6 Å². The number of aromatic nitrogens is 1. The molecule has 118 valence electrons. The molecule has 2 aromatic carbocycles. The van der Waals surface area contributed by atoms with Crippen LogP contribution in [-0.2, 0) is 17.6 Å². The second-order valence-electron chi connectivity index (χ2n) is 5.28. The summed E-state index contributed by atoms with van der Waals surface area (Å²) in [6.07, 6.45) is 3.00. The van der Waals surface area contributed by atoms with Gasteiger partial charge in [0.15, 0.2) is 5.58 Å². The number of aldehydes is 1. The maximum absolute atomic E-state index is 10.6. The molecule has 0 saturated heterocycles. The molecule has 0 spiro atoms. The van der Waals surface area contributed by atoms with Crippen molar-refractivity contribution >= 4 is 40.7 Å². The number of nitrogens with zero attached hydrogens (tertiary/aromatic N) is 1. The number of fused-ring (bicyclic) bond motifs is 1. The zero-order valence-electron chi connectivity index (χ0n) is 12.8. The van der Waals surface area contributed by atoms with E-state index in [1.165, 1.54) is 0 Å². The van der Waals surface area contributed by atoms with Crippen molar-refractivity contribution in [1.29, 1.82) is 0 Å². The summed E-state index contributed by atoms with van der Waals surface area (Å²) < 4.78 is 5.82. The topological polar surface area (TPSA) is 55.1 Å². The lowest BCUT2D eigenvalue weighted by atomic mass is 10.0. The molecule has 0 radical (unpaired) electrons. The lowest BCUT2D eigenvalue weighted by Crippen LogP contribution is -1.92. The highest BCUT2D eigenvalue weighted by Gasteiger charge is 2.12. The van der Waals surface area contributed by atoms with Crippen molar-refractivity contribution in [2.24, 2.45) is 0 Å². The highest BCUT2D eigenvalue weighted by molar-refractivity contribution is 6.33. The Kier molecular flexibility index (Phi) is 4.63. The highest BCUT2D eigenvalue weighted by atomic mass is 35.5. The average molecular weight is 329 g/mol. The SMILES string of the molecule is CCc1cc(CCC=O)cc2oc(Nc3ccccc3Cl)nc12. The van der Waals surface area contributed by atoms with Gasteiger partial charge >= 0.3 is 0 Å². The van der Waals surface area contributed by atoms with Gasteiger partial charge in [-0.05, 0) is 42.2 Å². The van der Waals surface area contributed by atoms with E-state index in [1.807, 2.05) is 30.3 Å². The van der Waals surface area contributed by atoms with Gasteiger partial charge in [-0.25, -0.2) is 0 Å². The molecule has 0 unspecified atom stereocenters. The van der Waals surface area contributed by atoms with Crippen LogP contribution in [0.15, 0.2) is 40.8 Å². The molecule has 0 aliphatic carbocycles. The van der Waals surface area contributed by atoms with E-state index in [1.54, 1.807) is 0 Å². The van der Waals surface area contributed by atoms with Crippen LogP contribution in [-0.4, -0.2) is 11.3 Å². The summed E-state index contributed by atoms with van der Waals surface area (Å²) in [6.45, 7) is 2.08. The zero-order chi connectivity index (χ0) is 16.2. The fourth-order valence-corrected chi connectivity index (χ4v) is 2.72. The van der Waals surface area contributed by atoms with Crippen LogP contribution < -0.4 is 5.32 Å². The lowest BCUT2D eigenvalue weighted by Gasteiger charge is -2.02. The van der Waals surface area contributed by atoms with Crippen LogP contribution in [0.2, 0.25) is 5.02 Å². The summed E-state index contributed by atoms with van der Waals surface area (Å²) in [6, 6.07) is 11.9. The number of aryl methyl sites for hydroxylation is 2. The predicted molar refractivity (Wildman–Crippen MR) is 92.5 cm³/mol. The van der Waals surface area contributed by atoms with Gasteiger partial charge in [0.05, 0.1) is 10.7 Å². The molecule has 0 amide bonds. The van der Waals surface area contributed by atoms with Crippen molar-refractivity contribution in [2.75, 3.05) is 5.32 Å². The Labute approximate surface area is 139 Å². The smallest absolute Gasteiger partial charge is 0.300 e. The van der Waals surface area contributed by atoms with Crippen LogP contribution in [0, 0.1) is 0 Å². The number of rotatable bonds is 6. The first kappa shape index (κ1) is 15.6. The normalized spacial score (nSPS) is 10.9. The van der Waals surface area contributed by atoms with Crippen molar-refractivity contribution in [2.45, 2.75) is 26.2 Å². The number of hydrogen-bond donors (Lipinski definition) is 1. The van der Waals surface area contributed by atoms with E-state index in [2.05, 4.69) is 23.3 Å². The van der Waals surface area contributed by atoms with E-state index in [-0.39, 0.29) is 0 Å². The van der Waals surface area contributed by atoms with Crippen molar-refractivity contribution in [3.63, 3.8) is 0 Å². The average Bonchev–Trinajstić information content (AvgIpc) is 2.96. The number of carbonyl (C=O) groups excluding carboxylic acids is 1. The maximum atomic E-state index is 10.6. The number of oxazole rings is 1. The third-order valence-electron chi connectivity index (χ3n) is 3.68. The second kappa shape index (κ2) is 6.84. The van der Waals surface area contributed by atoms with E-state index >= 15 is 0 Å². The van der Waals surface area contributed by atoms with Gasteiger partial charge in [-0.1, -0.05) is 36.7 Å². The van der Waals surface area contributed by atoms with Gasteiger partial charge in [-0.15, -0.1) is 0 Å². The highest BCUT2D eigenvalue weighted by Crippen LogP contribution is 2.29. The van der Waals surface area contributed by atoms with E-state index in [9.17, 15) is 4.79 Å². The molecule has 0 aliphatic rings. The number of halogens is 1. The number of hydrogen-bond acceptors (Lipinski definition) is 4. The van der Waals surface area contributed by atoms with Crippen LogP contribution in [0.1, 0.15) is 24.5 Å². The van der Waals surface area contributed by atoms with Crippen molar-refractivity contribution in [1.82, 2.24) is 4.98 Å². The summed E-state index contributed by atoms with van der Waals surface area (Å²) in [5.41, 5.74) is 4.51. The molecule has 0 bridgehead atoms. The molecule has 0 saturated carbocycles. The molecule has 1 N–H and O–H groups in total. The largest absolute Gasteiger partial charge is 0.423 e. The van der Waals surface area contributed by atoms with Crippen LogP contribution in [0.5, 0.6) is 0 Å². The zero-order valence-corrected chi connectivity index (χ0v) is 13.6. The molecule has 5 heteroatoms. The monoisotopic (exact) mass is 328 g/mol. The van der Waals surface area contributed by atoms with Gasteiger partial charge in [0.2, 0.25) is 0 Å². The van der Waals surface area contributed by atoms with Crippen LogP contribution in [0.3, 0.4) is 0 Å². The van der Waals surface area contributed by atoms with Gasteiger partial charge in [0.1, 0.15) is 11.8 Å². The summed E-state index contributed by atoms with van der Waals surface area (Å²) in [4.78, 5) is 15.1. The summed E-state index contributed by atoms with van der Waals surface area (Å²) >= 11 is 6.15. The third-order valence-corrected chi connectivity index (χ3v) is 4.01. The minimum atomic E-state index is 0.412. The van der Waals surface area contributed by atoms with E-state index < -0.39 is 0 Å². The molecular formula is C18H17ClN2O2. The van der Waals surface area contributed by atoms with Crippen LogP contribution in [0.4, 0.5) is 11.7 Å². The van der Waals surface area contributed by atoms with Gasteiger partial charge in [0, 0.05) is 6.42 Å². The first-order valence-electron chi connectivity index (χ1n) is 7.58. The molecule has 3 aromatic rings. The molecule has 1 heterocycles. The Balaban J connectivity index is 1.97. The minimum absolute atomic E-state index is 0.412. The first-order chi connectivity index (χ1) is 11.2. The first-order valence-corrected chi connectivity index (χ1v) is 7.96. The van der Waals surface area contributed by atoms with Gasteiger partial charge < -0.3 is 14.5 Å². The van der Waals surface area contributed by atoms with Gasteiger partial charge in [-0.3, -0.25) is 0 Å². The molecule has 0 aliphatic heterocycles. The van der Waals surface area contributed by atoms with Crippen molar-refractivity contribution in [3.05, 3.63) is 52.5 Å². The number of carbonyl (C=O) groups is 1.